The Kier molecular flexibility index (Phi) is 3.84. The number of nitrogens with zero attached hydrogens (tertiary/aromatic N) is 6. The Balaban J connectivity index is 1.21. The van der Waals surface area contributed by atoms with E-state index in [1.807, 2.05) is 12.1 Å². The molecule has 0 radical (unpaired) electrons. The van der Waals surface area contributed by atoms with Crippen LogP contribution in [0.3, 0.4) is 0 Å². The van der Waals surface area contributed by atoms with Crippen LogP contribution >= 0.6 is 0 Å². The molecule has 1 N–H and O–H groups in total. The minimum Gasteiger partial charge on any atom is -0.369 e. The molecule has 0 atom stereocenters. The molecule has 0 amide bonds. The van der Waals surface area contributed by atoms with Gasteiger partial charge in [0.1, 0.15) is 12.1 Å². The van der Waals surface area contributed by atoms with Gasteiger partial charge in [-0.15, -0.1) is 5.10 Å². The molecule has 2 aliphatic rings. The summed E-state index contributed by atoms with van der Waals surface area (Å²) in [4.78, 5) is 15.2. The lowest BCUT2D eigenvalue weighted by atomic mass is 9.95. The van der Waals surface area contributed by atoms with E-state index in [0.717, 1.165) is 55.1 Å². The molecular weight excluding hydrogens is 326 g/mol. The van der Waals surface area contributed by atoms with E-state index < -0.39 is 0 Å². The van der Waals surface area contributed by atoms with Crippen molar-refractivity contribution in [1.82, 2.24) is 25.1 Å². The Hall–Kier alpha value is -2.83. The van der Waals surface area contributed by atoms with Crippen LogP contribution < -0.4 is 10.2 Å². The number of nitrogens with one attached hydrogen (secondary N) is 1. The summed E-state index contributed by atoms with van der Waals surface area (Å²) in [5.41, 5.74) is 3.32. The number of aryl methyl sites for hydroxylation is 2. The first-order chi connectivity index (χ1) is 12.9. The Morgan fingerprint density at radius 1 is 1.08 bits per heavy atom. The van der Waals surface area contributed by atoms with Gasteiger partial charge in [0.25, 0.3) is 0 Å². The zero-order chi connectivity index (χ0) is 17.3. The third kappa shape index (κ3) is 2.83. The van der Waals surface area contributed by atoms with Crippen molar-refractivity contribution in [3.8, 4) is 0 Å². The van der Waals surface area contributed by atoms with Gasteiger partial charge < -0.3 is 10.2 Å². The van der Waals surface area contributed by atoms with E-state index >= 15 is 0 Å². The van der Waals surface area contributed by atoms with Crippen molar-refractivity contribution in [1.29, 1.82) is 0 Å². The third-order valence-electron chi connectivity index (χ3n) is 5.30. The quantitative estimate of drug-likeness (QED) is 0.775. The normalized spacial score (nSPS) is 17.0. The monoisotopic (exact) mass is 347 g/mol. The van der Waals surface area contributed by atoms with Gasteiger partial charge >= 0.3 is 0 Å². The maximum Gasteiger partial charge on any atom is 0.164 e. The first kappa shape index (κ1) is 15.4. The average molecular weight is 347 g/mol. The molecule has 5 rings (SSSR count). The van der Waals surface area contributed by atoms with Crippen LogP contribution in [0.1, 0.15) is 24.1 Å². The zero-order valence-corrected chi connectivity index (χ0v) is 14.6. The zero-order valence-electron chi connectivity index (χ0n) is 14.6. The number of hydrogen-bond donors (Lipinski definition) is 1. The Labute approximate surface area is 151 Å². The van der Waals surface area contributed by atoms with Crippen LogP contribution in [-0.4, -0.2) is 44.8 Å². The molecule has 1 aliphatic carbocycles. The second kappa shape index (κ2) is 6.48. The van der Waals surface area contributed by atoms with E-state index in [1.165, 1.54) is 24.1 Å². The molecule has 1 fully saturated rings. The van der Waals surface area contributed by atoms with Gasteiger partial charge in [-0.25, -0.2) is 15.0 Å². The molecule has 0 bridgehead atoms. The topological polar surface area (TPSA) is 79.7 Å². The minimum absolute atomic E-state index is 0.578. The number of rotatable bonds is 4. The second-order valence-electron chi connectivity index (χ2n) is 7.13. The molecule has 1 saturated heterocycles. The van der Waals surface area contributed by atoms with Crippen LogP contribution in [0.5, 0.6) is 0 Å². The highest BCUT2D eigenvalue weighted by atomic mass is 15.3. The summed E-state index contributed by atoms with van der Waals surface area (Å²) in [7, 11) is 0. The molecule has 0 aromatic carbocycles. The highest BCUT2D eigenvalue weighted by Gasteiger charge is 2.28. The summed E-state index contributed by atoms with van der Waals surface area (Å²) in [5.74, 6) is 2.46. The molecule has 4 heterocycles. The van der Waals surface area contributed by atoms with E-state index in [-0.39, 0.29) is 0 Å². The average Bonchev–Trinajstić information content (AvgIpc) is 2.67. The highest BCUT2D eigenvalue weighted by molar-refractivity contribution is 5.85. The second-order valence-corrected chi connectivity index (χ2v) is 7.13. The van der Waals surface area contributed by atoms with E-state index in [4.69, 9.17) is 0 Å². The summed E-state index contributed by atoms with van der Waals surface area (Å²) >= 11 is 0. The Morgan fingerprint density at radius 3 is 2.96 bits per heavy atom. The molecular formula is C19H21N7. The van der Waals surface area contributed by atoms with Crippen LogP contribution in [0.2, 0.25) is 0 Å². The van der Waals surface area contributed by atoms with Crippen LogP contribution in [0.15, 0.2) is 30.7 Å². The number of anilines is 2. The van der Waals surface area contributed by atoms with Crippen molar-refractivity contribution in [2.45, 2.75) is 25.7 Å². The summed E-state index contributed by atoms with van der Waals surface area (Å²) in [5, 5.41) is 13.3. The van der Waals surface area contributed by atoms with Crippen molar-refractivity contribution in [2.24, 2.45) is 5.92 Å². The predicted octanol–water partition coefficient (Wildman–Crippen LogP) is 2.24. The Morgan fingerprint density at radius 2 is 2.00 bits per heavy atom. The van der Waals surface area contributed by atoms with Crippen molar-refractivity contribution in [3.63, 3.8) is 0 Å². The molecule has 1 aliphatic heterocycles. The van der Waals surface area contributed by atoms with Gasteiger partial charge in [0.15, 0.2) is 11.5 Å². The fourth-order valence-corrected chi connectivity index (χ4v) is 3.80. The summed E-state index contributed by atoms with van der Waals surface area (Å²) in [6, 6.07) is 6.16. The van der Waals surface area contributed by atoms with Gasteiger partial charge in [0.05, 0.1) is 11.1 Å². The lowest BCUT2D eigenvalue weighted by molar-refractivity contribution is 0.424. The summed E-state index contributed by atoms with van der Waals surface area (Å²) in [6.07, 6.45) is 8.05. The fraction of sp³-hybridized carbons (Fsp3) is 0.421. The standard InChI is InChI=1S/C19H21N7/c1-2-6-16-14(4-1)8-17(25-24-16)26-10-13(11-26)9-21-19-15-5-3-7-20-18(15)22-12-23-19/h3,5,7-8,12-13H,1-2,4,6,9-11H2,(H,20,21,22,23). The molecule has 0 unspecified atom stereocenters. The lowest BCUT2D eigenvalue weighted by Gasteiger charge is -2.40. The molecule has 3 aromatic heterocycles. The highest BCUT2D eigenvalue weighted by Crippen LogP contribution is 2.27. The van der Waals surface area contributed by atoms with Crippen molar-refractivity contribution in [2.75, 3.05) is 29.9 Å². The van der Waals surface area contributed by atoms with Crippen molar-refractivity contribution < 1.29 is 0 Å². The van der Waals surface area contributed by atoms with Gasteiger partial charge in [-0.05, 0) is 49.4 Å². The number of fused-ring (bicyclic) bond motifs is 2. The van der Waals surface area contributed by atoms with Gasteiger partial charge in [-0.2, -0.15) is 5.10 Å². The number of pyridine rings is 1. The maximum absolute atomic E-state index is 4.44. The molecule has 132 valence electrons. The van der Waals surface area contributed by atoms with E-state index in [1.54, 1.807) is 12.5 Å². The first-order valence-corrected chi connectivity index (χ1v) is 9.27. The summed E-state index contributed by atoms with van der Waals surface area (Å²) in [6.45, 7) is 2.89. The van der Waals surface area contributed by atoms with Gasteiger partial charge in [-0.3, -0.25) is 0 Å². The fourth-order valence-electron chi connectivity index (χ4n) is 3.80. The van der Waals surface area contributed by atoms with Crippen molar-refractivity contribution >= 4 is 22.7 Å². The van der Waals surface area contributed by atoms with E-state index in [0.29, 0.717) is 5.92 Å². The van der Waals surface area contributed by atoms with Gasteiger partial charge in [0.2, 0.25) is 0 Å². The lowest BCUT2D eigenvalue weighted by Crippen LogP contribution is -2.50. The van der Waals surface area contributed by atoms with Crippen molar-refractivity contribution in [3.05, 3.63) is 42.0 Å². The van der Waals surface area contributed by atoms with E-state index in [2.05, 4.69) is 41.4 Å². The summed E-state index contributed by atoms with van der Waals surface area (Å²) < 4.78 is 0. The van der Waals surface area contributed by atoms with Gasteiger partial charge in [-0.1, -0.05) is 0 Å². The molecule has 0 saturated carbocycles. The van der Waals surface area contributed by atoms with Gasteiger partial charge in [0, 0.05) is 31.7 Å². The maximum atomic E-state index is 4.44. The predicted molar refractivity (Wildman–Crippen MR) is 100 cm³/mol. The van der Waals surface area contributed by atoms with E-state index in [9.17, 15) is 0 Å². The van der Waals surface area contributed by atoms with Crippen LogP contribution in [0, 0.1) is 5.92 Å². The molecule has 26 heavy (non-hydrogen) atoms. The largest absolute Gasteiger partial charge is 0.369 e. The Bertz CT molecular complexity index is 931. The molecule has 0 spiro atoms. The number of hydrogen-bond acceptors (Lipinski definition) is 7. The van der Waals surface area contributed by atoms with Crippen LogP contribution in [0.4, 0.5) is 11.6 Å². The smallest absolute Gasteiger partial charge is 0.164 e. The third-order valence-corrected chi connectivity index (χ3v) is 5.30. The van der Waals surface area contributed by atoms with Crippen LogP contribution in [-0.2, 0) is 12.8 Å². The molecule has 7 nitrogen and oxygen atoms in total. The molecule has 3 aromatic rings. The van der Waals surface area contributed by atoms with Crippen LogP contribution in [0.25, 0.3) is 11.0 Å². The minimum atomic E-state index is 0.578. The SMILES string of the molecule is c1cnc2ncnc(NCC3CN(c4cc5c(nn4)CCCC5)C3)c2c1. The molecule has 7 heteroatoms. The number of aromatic nitrogens is 5. The first-order valence-electron chi connectivity index (χ1n) is 9.27.